The third kappa shape index (κ3) is 1.68. The second-order valence-electron chi connectivity index (χ2n) is 5.17. The summed E-state index contributed by atoms with van der Waals surface area (Å²) >= 11 is 0. The van der Waals surface area contributed by atoms with Crippen LogP contribution in [-0.2, 0) is 6.42 Å². The Balaban J connectivity index is 2.09. The van der Waals surface area contributed by atoms with Gasteiger partial charge in [-0.1, -0.05) is 41.9 Å². The molecule has 3 rings (SSSR count). The molecule has 0 unspecified atom stereocenters. The molecular weight excluding hydrogens is 210 g/mol. The molecule has 17 heavy (non-hydrogen) atoms. The number of fused-ring (bicyclic) bond motifs is 3. The molecule has 2 aliphatic rings. The van der Waals surface area contributed by atoms with E-state index in [9.17, 15) is 0 Å². The van der Waals surface area contributed by atoms with Crippen LogP contribution in [0.25, 0.3) is 0 Å². The first-order valence-electron chi connectivity index (χ1n) is 6.29. The predicted octanol–water partition coefficient (Wildman–Crippen LogP) is 3.51. The fraction of sp³-hybridized carbons (Fsp3) is 0.400. The van der Waals surface area contributed by atoms with Crippen LogP contribution >= 0.6 is 0 Å². The Morgan fingerprint density at radius 3 is 2.88 bits per heavy atom. The standard InChI is InChI=1S/C15H17NO/c1-10-8-13(16-17)9-12-7-6-11-4-2-3-5-14(11)15(10)12/h2-5,9-10,15,17H,6-8H2,1H3/b16-13+/t10-,15-/m0/s1. The van der Waals surface area contributed by atoms with Crippen LogP contribution in [-0.4, -0.2) is 10.9 Å². The van der Waals surface area contributed by atoms with Gasteiger partial charge in [-0.2, -0.15) is 0 Å². The smallest absolute Gasteiger partial charge is 0.0798 e. The van der Waals surface area contributed by atoms with Crippen molar-refractivity contribution in [1.82, 2.24) is 0 Å². The van der Waals surface area contributed by atoms with Gasteiger partial charge in [0.25, 0.3) is 0 Å². The van der Waals surface area contributed by atoms with Crippen molar-refractivity contribution in [3.63, 3.8) is 0 Å². The van der Waals surface area contributed by atoms with Crippen LogP contribution in [0.2, 0.25) is 0 Å². The number of allylic oxidation sites excluding steroid dienone is 2. The van der Waals surface area contributed by atoms with Gasteiger partial charge < -0.3 is 5.21 Å². The molecule has 0 saturated heterocycles. The highest BCUT2D eigenvalue weighted by Gasteiger charge is 2.32. The zero-order valence-corrected chi connectivity index (χ0v) is 10.1. The average Bonchev–Trinajstić information content (AvgIpc) is 2.37. The summed E-state index contributed by atoms with van der Waals surface area (Å²) in [5.74, 6) is 1.06. The van der Waals surface area contributed by atoms with Crippen LogP contribution in [0.15, 0.2) is 41.1 Å². The molecule has 2 heteroatoms. The van der Waals surface area contributed by atoms with Gasteiger partial charge in [0.15, 0.2) is 0 Å². The number of hydrogen-bond donors (Lipinski definition) is 1. The molecule has 0 aromatic heterocycles. The van der Waals surface area contributed by atoms with E-state index >= 15 is 0 Å². The predicted molar refractivity (Wildman–Crippen MR) is 68.6 cm³/mol. The van der Waals surface area contributed by atoms with Gasteiger partial charge in [0.2, 0.25) is 0 Å². The summed E-state index contributed by atoms with van der Waals surface area (Å²) in [6.07, 6.45) is 5.19. The molecule has 2 atom stereocenters. The van der Waals surface area contributed by atoms with E-state index in [-0.39, 0.29) is 0 Å². The second kappa shape index (κ2) is 4.02. The van der Waals surface area contributed by atoms with Gasteiger partial charge in [0, 0.05) is 5.92 Å². The quantitative estimate of drug-likeness (QED) is 0.534. The van der Waals surface area contributed by atoms with Gasteiger partial charge in [-0.05, 0) is 42.4 Å². The summed E-state index contributed by atoms with van der Waals surface area (Å²) in [6.45, 7) is 2.25. The van der Waals surface area contributed by atoms with Crippen molar-refractivity contribution in [3.8, 4) is 0 Å². The molecule has 2 nitrogen and oxygen atoms in total. The summed E-state index contributed by atoms with van der Waals surface area (Å²) in [5, 5.41) is 12.3. The molecule has 0 fully saturated rings. The minimum Gasteiger partial charge on any atom is -0.411 e. The SMILES string of the molecule is C[C@H]1C/C(=N\O)C=C2CCc3ccccc3[C@H]21. The van der Waals surface area contributed by atoms with Crippen LogP contribution in [0, 0.1) is 5.92 Å². The first-order chi connectivity index (χ1) is 8.29. The number of nitrogens with zero attached hydrogens (tertiary/aromatic N) is 1. The summed E-state index contributed by atoms with van der Waals surface area (Å²) in [6, 6.07) is 8.75. The Bertz CT molecular complexity index is 501. The van der Waals surface area contributed by atoms with E-state index in [0.717, 1.165) is 25.0 Å². The highest BCUT2D eigenvalue weighted by atomic mass is 16.4. The van der Waals surface area contributed by atoms with E-state index in [1.165, 1.54) is 16.7 Å². The molecule has 88 valence electrons. The summed E-state index contributed by atoms with van der Waals surface area (Å²) in [7, 11) is 0. The molecule has 0 radical (unpaired) electrons. The van der Waals surface area contributed by atoms with E-state index in [0.29, 0.717) is 11.8 Å². The maximum Gasteiger partial charge on any atom is 0.0798 e. The topological polar surface area (TPSA) is 32.6 Å². The largest absolute Gasteiger partial charge is 0.411 e. The Kier molecular flexibility index (Phi) is 2.50. The number of oxime groups is 1. The molecule has 0 aliphatic heterocycles. The summed E-state index contributed by atoms with van der Waals surface area (Å²) in [4.78, 5) is 0. The van der Waals surface area contributed by atoms with Crippen LogP contribution in [0.1, 0.15) is 36.8 Å². The lowest BCUT2D eigenvalue weighted by molar-refractivity contribution is 0.315. The highest BCUT2D eigenvalue weighted by Crippen LogP contribution is 2.44. The van der Waals surface area contributed by atoms with Crippen molar-refractivity contribution in [3.05, 3.63) is 47.0 Å². The minimum atomic E-state index is 0.530. The lowest BCUT2D eigenvalue weighted by Crippen LogP contribution is -2.25. The average molecular weight is 227 g/mol. The third-order valence-corrected chi connectivity index (χ3v) is 4.05. The van der Waals surface area contributed by atoms with Crippen molar-refractivity contribution < 1.29 is 5.21 Å². The maximum absolute atomic E-state index is 8.94. The van der Waals surface area contributed by atoms with Crippen molar-refractivity contribution in [2.24, 2.45) is 11.1 Å². The van der Waals surface area contributed by atoms with Crippen LogP contribution < -0.4 is 0 Å². The molecule has 0 bridgehead atoms. The van der Waals surface area contributed by atoms with Gasteiger partial charge in [-0.15, -0.1) is 0 Å². The molecule has 1 aromatic rings. The maximum atomic E-state index is 8.94. The summed E-state index contributed by atoms with van der Waals surface area (Å²) in [5.41, 5.74) is 5.25. The van der Waals surface area contributed by atoms with Crippen molar-refractivity contribution in [1.29, 1.82) is 0 Å². The fourth-order valence-electron chi connectivity index (χ4n) is 3.32. The second-order valence-corrected chi connectivity index (χ2v) is 5.17. The summed E-state index contributed by atoms with van der Waals surface area (Å²) < 4.78 is 0. The normalized spacial score (nSPS) is 29.5. The molecule has 1 aromatic carbocycles. The lowest BCUT2D eigenvalue weighted by atomic mass is 9.69. The lowest BCUT2D eigenvalue weighted by Gasteiger charge is -2.36. The van der Waals surface area contributed by atoms with Gasteiger partial charge in [-0.25, -0.2) is 0 Å². The van der Waals surface area contributed by atoms with E-state index in [4.69, 9.17) is 5.21 Å². The molecule has 0 amide bonds. The Labute approximate surface area is 102 Å². The molecule has 2 aliphatic carbocycles. The fourth-order valence-corrected chi connectivity index (χ4v) is 3.32. The molecular formula is C15H17NO. The number of aryl methyl sites for hydroxylation is 1. The first-order valence-corrected chi connectivity index (χ1v) is 6.29. The Morgan fingerprint density at radius 2 is 2.06 bits per heavy atom. The van der Waals surface area contributed by atoms with Gasteiger partial charge in [0.05, 0.1) is 5.71 Å². The number of benzene rings is 1. The zero-order chi connectivity index (χ0) is 11.8. The van der Waals surface area contributed by atoms with E-state index < -0.39 is 0 Å². The molecule has 0 saturated carbocycles. The van der Waals surface area contributed by atoms with E-state index in [2.05, 4.69) is 42.4 Å². The first kappa shape index (κ1) is 10.6. The Morgan fingerprint density at radius 1 is 1.24 bits per heavy atom. The third-order valence-electron chi connectivity index (χ3n) is 4.05. The molecule has 0 heterocycles. The van der Waals surface area contributed by atoms with Crippen molar-refractivity contribution in [2.45, 2.75) is 32.1 Å². The highest BCUT2D eigenvalue weighted by molar-refractivity contribution is 5.96. The van der Waals surface area contributed by atoms with Crippen molar-refractivity contribution in [2.75, 3.05) is 0 Å². The monoisotopic (exact) mass is 227 g/mol. The van der Waals surface area contributed by atoms with Gasteiger partial charge >= 0.3 is 0 Å². The minimum absolute atomic E-state index is 0.530. The number of rotatable bonds is 0. The zero-order valence-electron chi connectivity index (χ0n) is 10.1. The number of hydrogen-bond acceptors (Lipinski definition) is 2. The molecule has 0 spiro atoms. The van der Waals surface area contributed by atoms with Crippen LogP contribution in [0.5, 0.6) is 0 Å². The van der Waals surface area contributed by atoms with Gasteiger partial charge in [-0.3, -0.25) is 0 Å². The van der Waals surface area contributed by atoms with Gasteiger partial charge in [0.1, 0.15) is 0 Å². The van der Waals surface area contributed by atoms with Crippen molar-refractivity contribution >= 4 is 5.71 Å². The van der Waals surface area contributed by atoms with E-state index in [1.54, 1.807) is 0 Å². The van der Waals surface area contributed by atoms with Crippen LogP contribution in [0.4, 0.5) is 0 Å². The van der Waals surface area contributed by atoms with E-state index in [1.807, 2.05) is 0 Å². The van der Waals surface area contributed by atoms with Crippen LogP contribution in [0.3, 0.4) is 0 Å². The Hall–Kier alpha value is -1.57. The molecule has 1 N–H and O–H groups in total.